The Morgan fingerprint density at radius 3 is 3.00 bits per heavy atom. The minimum atomic E-state index is -0.206. The van der Waals surface area contributed by atoms with Gasteiger partial charge in [0.2, 0.25) is 0 Å². The lowest BCUT2D eigenvalue weighted by Crippen LogP contribution is -2.09. The zero-order chi connectivity index (χ0) is 12.0. The minimum Gasteiger partial charge on any atom is -0.458 e. The van der Waals surface area contributed by atoms with Gasteiger partial charge in [0.05, 0.1) is 5.57 Å². The van der Waals surface area contributed by atoms with Crippen molar-refractivity contribution in [2.75, 3.05) is 6.61 Å². The van der Waals surface area contributed by atoms with Gasteiger partial charge in [-0.25, -0.2) is 4.79 Å². The molecule has 0 radical (unpaired) electrons. The Kier molecular flexibility index (Phi) is 5.03. The fourth-order valence-electron chi connectivity index (χ4n) is 1.85. The molecule has 0 aromatic rings. The molecule has 0 aliphatic heterocycles. The van der Waals surface area contributed by atoms with E-state index in [1.807, 2.05) is 6.08 Å². The van der Waals surface area contributed by atoms with Gasteiger partial charge in [0.15, 0.2) is 0 Å². The topological polar surface area (TPSA) is 26.3 Å². The molecular formula is C14H20O2. The summed E-state index contributed by atoms with van der Waals surface area (Å²) in [5.74, 6) is -0.206. The Morgan fingerprint density at radius 1 is 1.62 bits per heavy atom. The Labute approximate surface area is 97.7 Å². The maximum atomic E-state index is 11.8. The van der Waals surface area contributed by atoms with Crippen LogP contribution in [0.3, 0.4) is 0 Å². The molecule has 2 nitrogen and oxygen atoms in total. The van der Waals surface area contributed by atoms with Crippen molar-refractivity contribution in [1.29, 1.82) is 0 Å². The highest BCUT2D eigenvalue weighted by Gasteiger charge is 2.21. The van der Waals surface area contributed by atoms with Crippen LogP contribution >= 0.6 is 0 Å². The van der Waals surface area contributed by atoms with Gasteiger partial charge in [0.1, 0.15) is 6.61 Å². The predicted octanol–water partition coefficient (Wildman–Crippen LogP) is 3.55. The molecule has 1 aliphatic rings. The highest BCUT2D eigenvalue weighted by molar-refractivity contribution is 5.94. The van der Waals surface area contributed by atoms with Crippen molar-refractivity contribution in [2.45, 2.75) is 39.5 Å². The molecule has 16 heavy (non-hydrogen) atoms. The van der Waals surface area contributed by atoms with Gasteiger partial charge in [-0.3, -0.25) is 0 Å². The highest BCUT2D eigenvalue weighted by atomic mass is 16.5. The van der Waals surface area contributed by atoms with E-state index in [0.717, 1.165) is 31.3 Å². The van der Waals surface area contributed by atoms with Gasteiger partial charge in [-0.15, -0.1) is 0 Å². The summed E-state index contributed by atoms with van der Waals surface area (Å²) in [7, 11) is 0. The Bertz CT molecular complexity index is 335. The van der Waals surface area contributed by atoms with Crippen LogP contribution in [0.1, 0.15) is 39.5 Å². The summed E-state index contributed by atoms with van der Waals surface area (Å²) in [5, 5.41) is 0. The van der Waals surface area contributed by atoms with E-state index in [1.54, 1.807) is 6.08 Å². The third-order valence-corrected chi connectivity index (χ3v) is 2.79. The van der Waals surface area contributed by atoms with E-state index < -0.39 is 0 Å². The first kappa shape index (κ1) is 12.8. The van der Waals surface area contributed by atoms with Crippen LogP contribution in [0.2, 0.25) is 0 Å². The number of allylic oxidation sites excluding steroid dienone is 2. The van der Waals surface area contributed by atoms with Crippen LogP contribution in [0.25, 0.3) is 0 Å². The fraction of sp³-hybridized carbons (Fsp3) is 0.500. The number of unbranched alkanes of at least 4 members (excludes halogenated alkanes) is 1. The Balaban J connectivity index is 2.66. The van der Waals surface area contributed by atoms with Gasteiger partial charge in [-0.2, -0.15) is 0 Å². The second-order valence-corrected chi connectivity index (χ2v) is 4.07. The molecule has 0 aromatic heterocycles. The van der Waals surface area contributed by atoms with Crippen molar-refractivity contribution in [1.82, 2.24) is 0 Å². The van der Waals surface area contributed by atoms with Gasteiger partial charge >= 0.3 is 5.97 Å². The molecule has 0 saturated carbocycles. The molecule has 0 bridgehead atoms. The van der Waals surface area contributed by atoms with E-state index in [-0.39, 0.29) is 12.6 Å². The smallest absolute Gasteiger partial charge is 0.338 e. The zero-order valence-corrected chi connectivity index (χ0v) is 10.2. The molecule has 0 fully saturated rings. The van der Waals surface area contributed by atoms with Gasteiger partial charge in [0, 0.05) is 0 Å². The summed E-state index contributed by atoms with van der Waals surface area (Å²) in [6, 6.07) is 0. The monoisotopic (exact) mass is 220 g/mol. The first-order valence-electron chi connectivity index (χ1n) is 5.87. The van der Waals surface area contributed by atoms with E-state index in [0.29, 0.717) is 0 Å². The van der Waals surface area contributed by atoms with Crippen molar-refractivity contribution < 1.29 is 9.53 Å². The van der Waals surface area contributed by atoms with Crippen LogP contribution in [-0.4, -0.2) is 12.6 Å². The lowest BCUT2D eigenvalue weighted by molar-refractivity contribution is -0.137. The van der Waals surface area contributed by atoms with Gasteiger partial charge in [0.25, 0.3) is 0 Å². The number of ether oxygens (including phenoxy) is 1. The molecule has 0 saturated heterocycles. The molecule has 1 aliphatic carbocycles. The molecular weight excluding hydrogens is 200 g/mol. The standard InChI is InChI=1S/C14H20O2/c1-4-6-7-12-11(3)8-9-13(12)14(15)16-10-5-2/h5,9H,2,4,6-8,10H2,1,3H3. The van der Waals surface area contributed by atoms with E-state index in [4.69, 9.17) is 4.74 Å². The summed E-state index contributed by atoms with van der Waals surface area (Å²) < 4.78 is 5.07. The van der Waals surface area contributed by atoms with Crippen molar-refractivity contribution in [3.05, 3.63) is 35.5 Å². The summed E-state index contributed by atoms with van der Waals surface area (Å²) in [5.41, 5.74) is 3.27. The molecule has 0 unspecified atom stereocenters. The lowest BCUT2D eigenvalue weighted by Gasteiger charge is -2.09. The fourth-order valence-corrected chi connectivity index (χ4v) is 1.85. The van der Waals surface area contributed by atoms with Crippen LogP contribution in [-0.2, 0) is 9.53 Å². The second kappa shape index (κ2) is 6.31. The van der Waals surface area contributed by atoms with Crippen molar-refractivity contribution in [3.63, 3.8) is 0 Å². The molecule has 0 atom stereocenters. The van der Waals surface area contributed by atoms with E-state index in [1.165, 1.54) is 11.1 Å². The number of rotatable bonds is 6. The van der Waals surface area contributed by atoms with Crippen molar-refractivity contribution >= 4 is 5.97 Å². The number of hydrogen-bond acceptors (Lipinski definition) is 2. The molecule has 0 N–H and O–H groups in total. The van der Waals surface area contributed by atoms with Crippen LogP contribution in [0.4, 0.5) is 0 Å². The maximum Gasteiger partial charge on any atom is 0.338 e. The molecule has 88 valence electrons. The Hall–Kier alpha value is -1.31. The van der Waals surface area contributed by atoms with Crippen LogP contribution < -0.4 is 0 Å². The third-order valence-electron chi connectivity index (χ3n) is 2.79. The largest absolute Gasteiger partial charge is 0.458 e. The third kappa shape index (κ3) is 3.09. The van der Waals surface area contributed by atoms with Crippen LogP contribution in [0.15, 0.2) is 35.5 Å². The van der Waals surface area contributed by atoms with Crippen molar-refractivity contribution in [3.8, 4) is 0 Å². The zero-order valence-electron chi connectivity index (χ0n) is 10.2. The molecule has 0 spiro atoms. The average molecular weight is 220 g/mol. The Morgan fingerprint density at radius 2 is 2.38 bits per heavy atom. The van der Waals surface area contributed by atoms with Crippen molar-refractivity contribution in [2.24, 2.45) is 0 Å². The maximum absolute atomic E-state index is 11.8. The molecule has 0 aromatic carbocycles. The predicted molar refractivity (Wildman–Crippen MR) is 66.1 cm³/mol. The molecule has 0 amide bonds. The van der Waals surface area contributed by atoms with Crippen LogP contribution in [0, 0.1) is 0 Å². The molecule has 2 heteroatoms. The second-order valence-electron chi connectivity index (χ2n) is 4.07. The normalized spacial score (nSPS) is 15.0. The summed E-state index contributed by atoms with van der Waals surface area (Å²) in [4.78, 5) is 11.8. The number of hydrogen-bond donors (Lipinski definition) is 0. The van der Waals surface area contributed by atoms with E-state index >= 15 is 0 Å². The van der Waals surface area contributed by atoms with Crippen LogP contribution in [0.5, 0.6) is 0 Å². The SMILES string of the molecule is C=CCOC(=O)C1=CCC(C)=C1CCCC. The van der Waals surface area contributed by atoms with E-state index in [2.05, 4.69) is 20.4 Å². The quantitative estimate of drug-likeness (QED) is 0.505. The van der Waals surface area contributed by atoms with Gasteiger partial charge < -0.3 is 4.74 Å². The molecule has 0 heterocycles. The lowest BCUT2D eigenvalue weighted by atomic mass is 10.0. The van der Waals surface area contributed by atoms with Gasteiger partial charge in [-0.1, -0.05) is 37.6 Å². The molecule has 1 rings (SSSR count). The summed E-state index contributed by atoms with van der Waals surface area (Å²) in [6.07, 6.45) is 7.71. The van der Waals surface area contributed by atoms with E-state index in [9.17, 15) is 4.79 Å². The average Bonchev–Trinajstić information content (AvgIpc) is 2.65. The number of carbonyl (C=O) groups excluding carboxylic acids is 1. The summed E-state index contributed by atoms with van der Waals surface area (Å²) >= 11 is 0. The number of esters is 1. The first-order chi connectivity index (χ1) is 7.70. The number of carbonyl (C=O) groups is 1. The summed E-state index contributed by atoms with van der Waals surface area (Å²) in [6.45, 7) is 8.07. The minimum absolute atomic E-state index is 0.206. The highest BCUT2D eigenvalue weighted by Crippen LogP contribution is 2.30. The first-order valence-corrected chi connectivity index (χ1v) is 5.87. The van der Waals surface area contributed by atoms with Gasteiger partial charge in [-0.05, 0) is 31.8 Å².